The van der Waals surface area contributed by atoms with E-state index in [1.807, 2.05) is 0 Å². The van der Waals surface area contributed by atoms with Crippen molar-refractivity contribution < 1.29 is 12.9 Å². The molecule has 1 heterocycles. The van der Waals surface area contributed by atoms with E-state index in [1.54, 1.807) is 0 Å². The van der Waals surface area contributed by atoms with Crippen LogP contribution < -0.4 is 5.69 Å². The van der Waals surface area contributed by atoms with Crippen LogP contribution in [-0.2, 0) is 13.6 Å². The highest BCUT2D eigenvalue weighted by molar-refractivity contribution is 6.66. The van der Waals surface area contributed by atoms with Gasteiger partial charge in [-0.3, -0.25) is 4.57 Å². The Labute approximate surface area is 77.7 Å². The molecule has 1 aromatic heterocycles. The largest absolute Gasteiger partial charge is 0.506 e. The summed E-state index contributed by atoms with van der Waals surface area (Å²) in [6.07, 6.45) is 1.15. The Morgan fingerprint density at radius 2 is 2.21 bits per heavy atom. The second-order valence-electron chi connectivity index (χ2n) is 2.92. The highest BCUT2D eigenvalue weighted by Crippen LogP contribution is 2.18. The first kappa shape index (κ1) is 10.6. The zero-order chi connectivity index (χ0) is 10.9. The van der Waals surface area contributed by atoms with Gasteiger partial charge in [-0.25, -0.2) is 9.48 Å². The van der Waals surface area contributed by atoms with Gasteiger partial charge in [-0.1, -0.05) is 0 Å². The molecule has 0 fully saturated rings. The van der Waals surface area contributed by atoms with Crippen LogP contribution in [0.4, 0.5) is 12.9 Å². The number of allylic oxidation sites excluding steroid dienone is 1. The molecule has 4 nitrogen and oxygen atoms in total. The predicted octanol–water partition coefficient (Wildman–Crippen LogP) is 0.525. The van der Waals surface area contributed by atoms with Crippen molar-refractivity contribution >= 4 is 6.98 Å². The lowest BCUT2D eigenvalue weighted by atomic mass is 9.80. The van der Waals surface area contributed by atoms with Gasteiger partial charge in [0.15, 0.2) is 0 Å². The fourth-order valence-corrected chi connectivity index (χ4v) is 0.825. The third-order valence-electron chi connectivity index (χ3n) is 1.70. The average molecular weight is 206 g/mol. The first-order valence-electron chi connectivity index (χ1n) is 3.78. The van der Waals surface area contributed by atoms with Gasteiger partial charge in [0, 0.05) is 13.6 Å². The topological polar surface area (TPSA) is 39.8 Å². The van der Waals surface area contributed by atoms with E-state index < -0.39 is 24.7 Å². The van der Waals surface area contributed by atoms with E-state index in [1.165, 1.54) is 7.05 Å². The smallest absolute Gasteiger partial charge is 0.445 e. The fourth-order valence-electron chi connectivity index (χ4n) is 0.825. The molecule has 0 aromatic carbocycles. The summed E-state index contributed by atoms with van der Waals surface area (Å²) in [5.41, 5.74) is -1.53. The lowest BCUT2D eigenvalue weighted by Gasteiger charge is -2.16. The molecular weight excluding hydrogens is 198 g/mol. The van der Waals surface area contributed by atoms with Gasteiger partial charge in [0.05, 0.1) is 0 Å². The molecule has 0 atom stereocenters. The van der Waals surface area contributed by atoms with Crippen LogP contribution in [0.3, 0.4) is 0 Å². The molecule has 0 amide bonds. The van der Waals surface area contributed by atoms with Gasteiger partial charge in [0.25, 0.3) is 0 Å². The van der Waals surface area contributed by atoms with E-state index in [0.29, 0.717) is 0 Å². The van der Waals surface area contributed by atoms with Crippen LogP contribution in [0.25, 0.3) is 0 Å². The molecule has 0 spiro atoms. The number of halogens is 3. The lowest BCUT2D eigenvalue weighted by molar-refractivity contribution is 0.477. The molecule has 78 valence electrons. The van der Waals surface area contributed by atoms with E-state index in [4.69, 9.17) is 0 Å². The van der Waals surface area contributed by atoms with Crippen LogP contribution in [-0.4, -0.2) is 21.3 Å². The maximum absolute atomic E-state index is 12.1. The number of nitrogens with zero attached hydrogens (tertiary/aromatic N) is 3. The Balaban J connectivity index is 2.86. The Kier molecular flexibility index (Phi) is 2.54. The van der Waals surface area contributed by atoms with Crippen LogP contribution in [0.15, 0.2) is 23.2 Å². The zero-order valence-corrected chi connectivity index (χ0v) is 7.45. The second kappa shape index (κ2) is 3.35. The molecule has 0 aliphatic rings. The van der Waals surface area contributed by atoms with Crippen LogP contribution in [0, 0.1) is 0 Å². The molecule has 0 saturated heterocycles. The second-order valence-corrected chi connectivity index (χ2v) is 2.92. The number of aryl methyl sites for hydroxylation is 1. The maximum Gasteiger partial charge on any atom is 0.506 e. The Morgan fingerprint density at radius 1 is 1.64 bits per heavy atom. The standard InChI is InChI=1S/C6H8BF3N3O/c1-5(7(8,9)10)3-13-6(14)12(2)4-11-13/h4H,1,3H2,2H3/q-1. The van der Waals surface area contributed by atoms with Crippen molar-refractivity contribution in [1.82, 2.24) is 14.3 Å². The first-order chi connectivity index (χ1) is 6.32. The van der Waals surface area contributed by atoms with Gasteiger partial charge in [-0.05, 0) is 0 Å². The van der Waals surface area contributed by atoms with Crippen LogP contribution in [0.1, 0.15) is 0 Å². The maximum atomic E-state index is 12.1. The highest BCUT2D eigenvalue weighted by atomic mass is 19.4. The van der Waals surface area contributed by atoms with Crippen molar-refractivity contribution in [2.24, 2.45) is 7.05 Å². The van der Waals surface area contributed by atoms with Crippen LogP contribution >= 0.6 is 0 Å². The van der Waals surface area contributed by atoms with Gasteiger partial charge >= 0.3 is 12.7 Å². The molecule has 0 aliphatic heterocycles. The Bertz CT molecular complexity index is 405. The van der Waals surface area contributed by atoms with Gasteiger partial charge in [0.1, 0.15) is 6.33 Å². The third kappa shape index (κ3) is 2.07. The molecule has 0 saturated carbocycles. The fraction of sp³-hybridized carbons (Fsp3) is 0.333. The summed E-state index contributed by atoms with van der Waals surface area (Å²) < 4.78 is 38.1. The minimum atomic E-state index is -5.11. The molecule has 8 heteroatoms. The monoisotopic (exact) mass is 206 g/mol. The predicted molar refractivity (Wildman–Crippen MR) is 45.7 cm³/mol. The molecule has 0 N–H and O–H groups in total. The summed E-state index contributed by atoms with van der Waals surface area (Å²) in [6.45, 7) is -2.85. The summed E-state index contributed by atoms with van der Waals surface area (Å²) in [4.78, 5) is 11.1. The normalized spacial score (nSPS) is 11.7. The van der Waals surface area contributed by atoms with Crippen LogP contribution in [0.2, 0.25) is 0 Å². The van der Waals surface area contributed by atoms with Crippen molar-refractivity contribution in [3.8, 4) is 0 Å². The summed E-state index contributed by atoms with van der Waals surface area (Å²) in [5.74, 6) is 0. The van der Waals surface area contributed by atoms with E-state index in [9.17, 15) is 17.7 Å². The van der Waals surface area contributed by atoms with Gasteiger partial charge < -0.3 is 12.9 Å². The van der Waals surface area contributed by atoms with Crippen molar-refractivity contribution in [1.29, 1.82) is 0 Å². The Morgan fingerprint density at radius 3 is 2.57 bits per heavy atom. The number of hydrogen-bond donors (Lipinski definition) is 0. The minimum Gasteiger partial charge on any atom is -0.445 e. The van der Waals surface area contributed by atoms with Crippen molar-refractivity contribution in [2.45, 2.75) is 6.54 Å². The van der Waals surface area contributed by atoms with Crippen molar-refractivity contribution in [2.75, 3.05) is 0 Å². The molecule has 1 rings (SSSR count). The van der Waals surface area contributed by atoms with E-state index in [-0.39, 0.29) is 0 Å². The zero-order valence-electron chi connectivity index (χ0n) is 7.45. The minimum absolute atomic E-state index is 0.591. The van der Waals surface area contributed by atoms with Crippen molar-refractivity contribution in [3.63, 3.8) is 0 Å². The third-order valence-corrected chi connectivity index (χ3v) is 1.70. The SMILES string of the molecule is C=C(Cn1ncn(C)c1=O)[B-](F)(F)F. The van der Waals surface area contributed by atoms with Crippen molar-refractivity contribution in [3.05, 3.63) is 28.9 Å². The summed E-state index contributed by atoms with van der Waals surface area (Å²) >= 11 is 0. The number of rotatable bonds is 3. The quantitative estimate of drug-likeness (QED) is 0.676. The summed E-state index contributed by atoms with van der Waals surface area (Å²) in [5, 5.41) is 3.49. The molecule has 14 heavy (non-hydrogen) atoms. The first-order valence-corrected chi connectivity index (χ1v) is 3.78. The van der Waals surface area contributed by atoms with Gasteiger partial charge in [-0.2, -0.15) is 5.10 Å². The average Bonchev–Trinajstić information content (AvgIpc) is 2.34. The molecule has 1 aromatic rings. The molecule has 0 aliphatic carbocycles. The van der Waals surface area contributed by atoms with Gasteiger partial charge in [0.2, 0.25) is 0 Å². The van der Waals surface area contributed by atoms with Gasteiger partial charge in [-0.15, -0.1) is 12.1 Å². The molecule has 0 unspecified atom stereocenters. The van der Waals surface area contributed by atoms with E-state index in [0.717, 1.165) is 15.6 Å². The highest BCUT2D eigenvalue weighted by Gasteiger charge is 2.27. The van der Waals surface area contributed by atoms with Crippen LogP contribution in [0.5, 0.6) is 0 Å². The Hall–Kier alpha value is -1.47. The summed E-state index contributed by atoms with van der Waals surface area (Å²) in [6, 6.07) is 0. The number of aromatic nitrogens is 3. The van der Waals surface area contributed by atoms with E-state index in [2.05, 4.69) is 11.7 Å². The summed E-state index contributed by atoms with van der Waals surface area (Å²) in [7, 11) is 1.41. The molecule has 0 radical (unpaired) electrons. The number of hydrogen-bond acceptors (Lipinski definition) is 2. The van der Waals surface area contributed by atoms with E-state index >= 15 is 0 Å². The molecule has 0 bridgehead atoms. The molecular formula is C6H8BF3N3O-. The lowest BCUT2D eigenvalue weighted by Crippen LogP contribution is -2.29.